The Labute approximate surface area is 193 Å². The number of anilines is 1. The number of aromatic nitrogens is 2. The summed E-state index contributed by atoms with van der Waals surface area (Å²) in [5.74, 6) is -0.104. The summed E-state index contributed by atoms with van der Waals surface area (Å²) < 4.78 is 28.3. The fourth-order valence-corrected chi connectivity index (χ4v) is 5.03. The van der Waals surface area contributed by atoms with Gasteiger partial charge in [0.15, 0.2) is 5.16 Å². The highest BCUT2D eigenvalue weighted by molar-refractivity contribution is 7.99. The number of rotatable bonds is 10. The highest BCUT2D eigenvalue weighted by Gasteiger charge is 2.12. The maximum Gasteiger partial charge on any atom is 0.234 e. The molecule has 2 N–H and O–H groups in total. The van der Waals surface area contributed by atoms with Gasteiger partial charge in [-0.15, -0.1) is 6.58 Å². The molecule has 0 unspecified atom stereocenters. The summed E-state index contributed by atoms with van der Waals surface area (Å²) in [6.45, 7) is 7.78. The number of hydrogen-bond acceptors (Lipinski definition) is 5. The van der Waals surface area contributed by atoms with Gasteiger partial charge in [0.05, 0.1) is 11.5 Å². The molecule has 7 nitrogen and oxygen atoms in total. The van der Waals surface area contributed by atoms with E-state index in [-0.39, 0.29) is 24.0 Å². The van der Waals surface area contributed by atoms with E-state index in [9.17, 15) is 13.2 Å². The van der Waals surface area contributed by atoms with E-state index in [1.807, 2.05) is 24.6 Å². The quantitative estimate of drug-likeness (QED) is 0.347. The predicted octanol–water partition coefficient (Wildman–Crippen LogP) is 3.83. The molecule has 0 saturated carbocycles. The monoisotopic (exact) mass is 470 g/mol. The van der Waals surface area contributed by atoms with Crippen LogP contribution in [0.4, 0.5) is 5.69 Å². The Morgan fingerprint density at radius 1 is 1.16 bits per heavy atom. The molecule has 0 atom stereocenters. The van der Waals surface area contributed by atoms with Crippen molar-refractivity contribution in [2.24, 2.45) is 0 Å². The van der Waals surface area contributed by atoms with Crippen molar-refractivity contribution in [2.45, 2.75) is 24.8 Å². The molecule has 9 heteroatoms. The van der Waals surface area contributed by atoms with Crippen LogP contribution >= 0.6 is 11.8 Å². The van der Waals surface area contributed by atoms with Gasteiger partial charge in [0.1, 0.15) is 0 Å². The number of benzene rings is 2. The number of hydrogen-bond donors (Lipinski definition) is 2. The van der Waals surface area contributed by atoms with Gasteiger partial charge in [-0.25, -0.2) is 18.1 Å². The summed E-state index contributed by atoms with van der Waals surface area (Å²) >= 11 is 1.35. The average Bonchev–Trinajstić information content (AvgIpc) is 3.20. The van der Waals surface area contributed by atoms with Gasteiger partial charge in [-0.3, -0.25) is 9.36 Å². The third-order valence-electron chi connectivity index (χ3n) is 4.47. The first kappa shape index (κ1) is 23.8. The average molecular weight is 471 g/mol. The van der Waals surface area contributed by atoms with Crippen molar-refractivity contribution in [1.82, 2.24) is 14.3 Å². The second kappa shape index (κ2) is 10.6. The first-order chi connectivity index (χ1) is 15.3. The van der Waals surface area contributed by atoms with E-state index in [0.717, 1.165) is 22.0 Å². The minimum absolute atomic E-state index is 0.133. The maximum absolute atomic E-state index is 12.4. The molecule has 2 aromatic carbocycles. The SMILES string of the molecule is C=CCNS(=O)(=O)Cc1ccc(NC(=O)CSc2nccn2-c2cc(C)cc(C)c2)cc1. The molecule has 0 aliphatic rings. The molecule has 0 bridgehead atoms. The van der Waals surface area contributed by atoms with Crippen LogP contribution in [0.1, 0.15) is 16.7 Å². The smallest absolute Gasteiger partial charge is 0.234 e. The molecular formula is C23H26N4O3S2. The summed E-state index contributed by atoms with van der Waals surface area (Å²) in [4.78, 5) is 16.8. The predicted molar refractivity (Wildman–Crippen MR) is 130 cm³/mol. The van der Waals surface area contributed by atoms with Gasteiger partial charge in [-0.05, 0) is 54.8 Å². The Bertz CT molecular complexity index is 1180. The number of aryl methyl sites for hydroxylation is 2. The molecule has 0 aliphatic carbocycles. The number of thioether (sulfide) groups is 1. The van der Waals surface area contributed by atoms with E-state index in [0.29, 0.717) is 11.3 Å². The van der Waals surface area contributed by atoms with Crippen LogP contribution in [-0.4, -0.2) is 36.2 Å². The molecule has 32 heavy (non-hydrogen) atoms. The summed E-state index contributed by atoms with van der Waals surface area (Å²) in [6, 6.07) is 13.0. The maximum atomic E-state index is 12.4. The molecule has 168 valence electrons. The van der Waals surface area contributed by atoms with Gasteiger partial charge in [-0.2, -0.15) is 0 Å². The second-order valence-corrected chi connectivity index (χ2v) is 10.1. The number of nitrogens with one attached hydrogen (secondary N) is 2. The summed E-state index contributed by atoms with van der Waals surface area (Å²) in [5, 5.41) is 3.57. The van der Waals surface area contributed by atoms with Crippen LogP contribution in [0.15, 0.2) is 72.7 Å². The van der Waals surface area contributed by atoms with Gasteiger partial charge < -0.3 is 5.32 Å². The standard InChI is InChI=1S/C23H26N4O3S2/c1-4-9-25-32(29,30)16-19-5-7-20(8-6-19)26-22(28)15-31-23-24-10-11-27(23)21-13-17(2)12-18(3)14-21/h4-8,10-14,25H,1,9,15-16H2,2-3H3,(H,26,28). The van der Waals surface area contributed by atoms with Crippen molar-refractivity contribution in [3.8, 4) is 5.69 Å². The van der Waals surface area contributed by atoms with Gasteiger partial charge in [-0.1, -0.05) is 36.0 Å². The Balaban J connectivity index is 1.57. The lowest BCUT2D eigenvalue weighted by Gasteiger charge is -2.10. The van der Waals surface area contributed by atoms with Gasteiger partial charge in [0.2, 0.25) is 15.9 Å². The minimum Gasteiger partial charge on any atom is -0.325 e. The largest absolute Gasteiger partial charge is 0.325 e. The molecule has 0 spiro atoms. The van der Waals surface area contributed by atoms with Crippen molar-refractivity contribution in [1.29, 1.82) is 0 Å². The summed E-state index contributed by atoms with van der Waals surface area (Å²) in [5.41, 5.74) is 4.57. The molecule has 1 amide bonds. The number of carbonyl (C=O) groups excluding carboxylic acids is 1. The number of carbonyl (C=O) groups is 1. The summed E-state index contributed by atoms with van der Waals surface area (Å²) in [7, 11) is -3.42. The Kier molecular flexibility index (Phi) is 7.89. The van der Waals surface area contributed by atoms with E-state index in [4.69, 9.17) is 0 Å². The second-order valence-electron chi connectivity index (χ2n) is 7.36. The topological polar surface area (TPSA) is 93.1 Å². The van der Waals surface area contributed by atoms with Crippen LogP contribution in [0.25, 0.3) is 5.69 Å². The normalized spacial score (nSPS) is 11.3. The first-order valence-corrected chi connectivity index (χ1v) is 12.6. The first-order valence-electron chi connectivity index (χ1n) is 9.97. The number of imidazole rings is 1. The zero-order valence-electron chi connectivity index (χ0n) is 18.0. The molecule has 0 aliphatic heterocycles. The third kappa shape index (κ3) is 6.81. The van der Waals surface area contributed by atoms with E-state index in [1.165, 1.54) is 17.8 Å². The van der Waals surface area contributed by atoms with Crippen molar-refractivity contribution in [2.75, 3.05) is 17.6 Å². The molecule has 0 saturated heterocycles. The van der Waals surface area contributed by atoms with Gasteiger partial charge >= 0.3 is 0 Å². The highest BCUT2D eigenvalue weighted by atomic mass is 32.2. The van der Waals surface area contributed by atoms with E-state index >= 15 is 0 Å². The van der Waals surface area contributed by atoms with Gasteiger partial charge in [0, 0.05) is 30.3 Å². The zero-order valence-corrected chi connectivity index (χ0v) is 19.7. The summed E-state index contributed by atoms with van der Waals surface area (Å²) in [6.07, 6.45) is 5.09. The van der Waals surface area contributed by atoms with Crippen LogP contribution in [0, 0.1) is 13.8 Å². The Hall–Kier alpha value is -2.88. The molecule has 3 aromatic rings. The number of sulfonamides is 1. The number of amides is 1. The van der Waals surface area contributed by atoms with Crippen LogP contribution in [-0.2, 0) is 20.6 Å². The molecule has 3 rings (SSSR count). The highest BCUT2D eigenvalue weighted by Crippen LogP contribution is 2.22. The van der Waals surface area contributed by atoms with Crippen molar-refractivity contribution >= 4 is 33.4 Å². The lowest BCUT2D eigenvalue weighted by Crippen LogP contribution is -2.25. The Morgan fingerprint density at radius 3 is 2.50 bits per heavy atom. The van der Waals surface area contributed by atoms with Gasteiger partial charge in [0.25, 0.3) is 0 Å². The molecule has 1 heterocycles. The van der Waals surface area contributed by atoms with E-state index < -0.39 is 10.0 Å². The van der Waals surface area contributed by atoms with Crippen LogP contribution in [0.2, 0.25) is 0 Å². The minimum atomic E-state index is -3.42. The van der Waals surface area contributed by atoms with Crippen molar-refractivity contribution < 1.29 is 13.2 Å². The van der Waals surface area contributed by atoms with Crippen LogP contribution < -0.4 is 10.0 Å². The van der Waals surface area contributed by atoms with Crippen LogP contribution in [0.3, 0.4) is 0 Å². The fourth-order valence-electron chi connectivity index (χ4n) is 3.15. The molecule has 1 aromatic heterocycles. The molecular weight excluding hydrogens is 444 g/mol. The number of nitrogens with zero attached hydrogens (tertiary/aromatic N) is 2. The van der Waals surface area contributed by atoms with E-state index in [2.05, 4.69) is 39.8 Å². The van der Waals surface area contributed by atoms with Crippen molar-refractivity contribution in [3.63, 3.8) is 0 Å². The fraction of sp³-hybridized carbons (Fsp3) is 0.217. The van der Waals surface area contributed by atoms with Crippen LogP contribution in [0.5, 0.6) is 0 Å². The molecule has 0 fully saturated rings. The lowest BCUT2D eigenvalue weighted by molar-refractivity contribution is -0.113. The Morgan fingerprint density at radius 2 is 1.84 bits per heavy atom. The lowest BCUT2D eigenvalue weighted by atomic mass is 10.1. The third-order valence-corrected chi connectivity index (χ3v) is 6.75. The van der Waals surface area contributed by atoms with E-state index in [1.54, 1.807) is 30.5 Å². The zero-order chi connectivity index (χ0) is 23.1. The molecule has 0 radical (unpaired) electrons. The van der Waals surface area contributed by atoms with Crippen molar-refractivity contribution in [3.05, 3.63) is 84.2 Å².